The Morgan fingerprint density at radius 2 is 2.11 bits per heavy atom. The monoisotopic (exact) mass is 262 g/mol. The van der Waals surface area contributed by atoms with E-state index in [1.165, 1.54) is 12.7 Å². The second-order valence-electron chi connectivity index (χ2n) is 5.27. The Bertz CT molecular complexity index is 392. The zero-order chi connectivity index (χ0) is 13.6. The summed E-state index contributed by atoms with van der Waals surface area (Å²) in [5.74, 6) is -0.120. The summed E-state index contributed by atoms with van der Waals surface area (Å²) in [5.41, 5.74) is 0.802. The second-order valence-corrected chi connectivity index (χ2v) is 5.27. The predicted octanol–water partition coefficient (Wildman–Crippen LogP) is 2.98. The molecular formula is C16H22O3. The highest BCUT2D eigenvalue weighted by molar-refractivity contribution is 5.77. The fourth-order valence-electron chi connectivity index (χ4n) is 2.71. The van der Waals surface area contributed by atoms with E-state index < -0.39 is 5.41 Å². The molecule has 0 saturated carbocycles. The van der Waals surface area contributed by atoms with Gasteiger partial charge in [0.25, 0.3) is 0 Å². The zero-order valence-corrected chi connectivity index (χ0v) is 11.6. The molecule has 19 heavy (non-hydrogen) atoms. The van der Waals surface area contributed by atoms with Crippen LogP contribution in [0.25, 0.3) is 0 Å². The van der Waals surface area contributed by atoms with Crippen LogP contribution < -0.4 is 0 Å². The molecular weight excluding hydrogens is 240 g/mol. The van der Waals surface area contributed by atoms with Crippen LogP contribution in [0.3, 0.4) is 0 Å². The summed E-state index contributed by atoms with van der Waals surface area (Å²) in [6.45, 7) is 1.25. The maximum Gasteiger partial charge on any atom is 0.314 e. The van der Waals surface area contributed by atoms with Crippen LogP contribution >= 0.6 is 0 Å². The van der Waals surface area contributed by atoms with Crippen molar-refractivity contribution in [1.29, 1.82) is 0 Å². The smallest absolute Gasteiger partial charge is 0.314 e. The number of rotatable bonds is 4. The maximum absolute atomic E-state index is 12.2. The van der Waals surface area contributed by atoms with E-state index >= 15 is 0 Å². The first-order valence-corrected chi connectivity index (χ1v) is 6.97. The number of hydrogen-bond donors (Lipinski definition) is 0. The van der Waals surface area contributed by atoms with Gasteiger partial charge in [-0.1, -0.05) is 30.3 Å². The first-order chi connectivity index (χ1) is 9.27. The van der Waals surface area contributed by atoms with E-state index in [0.29, 0.717) is 6.61 Å². The van der Waals surface area contributed by atoms with Gasteiger partial charge in [-0.05, 0) is 37.7 Å². The van der Waals surface area contributed by atoms with Gasteiger partial charge in [-0.3, -0.25) is 4.79 Å². The minimum Gasteiger partial charge on any atom is -0.469 e. The van der Waals surface area contributed by atoms with Crippen molar-refractivity contribution >= 4 is 5.97 Å². The van der Waals surface area contributed by atoms with Gasteiger partial charge in [-0.15, -0.1) is 0 Å². The normalized spacial score (nSPS) is 23.6. The number of aryl methyl sites for hydroxylation is 1. The van der Waals surface area contributed by atoms with Gasteiger partial charge in [-0.25, -0.2) is 0 Å². The van der Waals surface area contributed by atoms with E-state index in [1.807, 2.05) is 18.2 Å². The molecule has 3 heteroatoms. The summed E-state index contributed by atoms with van der Waals surface area (Å²) in [6.07, 6.45) is 4.61. The van der Waals surface area contributed by atoms with Crippen molar-refractivity contribution in [1.82, 2.24) is 0 Å². The lowest BCUT2D eigenvalue weighted by molar-refractivity contribution is -0.157. The van der Waals surface area contributed by atoms with Gasteiger partial charge < -0.3 is 9.47 Å². The van der Waals surface area contributed by atoms with Crippen molar-refractivity contribution in [3.8, 4) is 0 Å². The van der Waals surface area contributed by atoms with Crippen molar-refractivity contribution in [3.63, 3.8) is 0 Å². The van der Waals surface area contributed by atoms with E-state index in [1.54, 1.807) is 0 Å². The summed E-state index contributed by atoms with van der Waals surface area (Å²) in [4.78, 5) is 12.2. The Morgan fingerprint density at radius 3 is 2.84 bits per heavy atom. The average Bonchev–Trinajstić information content (AvgIpc) is 2.72. The molecule has 1 fully saturated rings. The Morgan fingerprint density at radius 1 is 1.32 bits per heavy atom. The molecule has 0 N–H and O–H groups in total. The van der Waals surface area contributed by atoms with Gasteiger partial charge >= 0.3 is 5.97 Å². The Kier molecular flexibility index (Phi) is 4.97. The topological polar surface area (TPSA) is 35.5 Å². The van der Waals surface area contributed by atoms with Crippen LogP contribution in [0.2, 0.25) is 0 Å². The summed E-state index contributed by atoms with van der Waals surface area (Å²) in [5, 5.41) is 0. The van der Waals surface area contributed by atoms with Gasteiger partial charge in [-0.2, -0.15) is 0 Å². The number of hydrogen-bond acceptors (Lipinski definition) is 3. The Balaban J connectivity index is 2.07. The predicted molar refractivity (Wildman–Crippen MR) is 73.9 cm³/mol. The molecule has 104 valence electrons. The van der Waals surface area contributed by atoms with Crippen molar-refractivity contribution in [2.24, 2.45) is 5.41 Å². The molecule has 1 heterocycles. The van der Waals surface area contributed by atoms with Gasteiger partial charge in [0.1, 0.15) is 0 Å². The minimum atomic E-state index is -0.457. The molecule has 3 nitrogen and oxygen atoms in total. The molecule has 0 aliphatic carbocycles. The summed E-state index contributed by atoms with van der Waals surface area (Å²) < 4.78 is 10.6. The third-order valence-corrected chi connectivity index (χ3v) is 3.93. The summed E-state index contributed by atoms with van der Waals surface area (Å²) >= 11 is 0. The molecule has 1 unspecified atom stereocenters. The highest BCUT2D eigenvalue weighted by Gasteiger charge is 2.40. The fraction of sp³-hybridized carbons (Fsp3) is 0.562. The van der Waals surface area contributed by atoms with Crippen LogP contribution in [0.4, 0.5) is 0 Å². The molecule has 1 atom stereocenters. The average molecular weight is 262 g/mol. The lowest BCUT2D eigenvalue weighted by Crippen LogP contribution is -2.36. The summed E-state index contributed by atoms with van der Waals surface area (Å²) in [7, 11) is 1.47. The molecule has 1 aromatic carbocycles. The molecule has 2 rings (SSSR count). The minimum absolute atomic E-state index is 0.120. The number of carbonyl (C=O) groups excluding carboxylic acids is 1. The lowest BCUT2D eigenvalue weighted by atomic mass is 9.79. The third kappa shape index (κ3) is 3.57. The van der Waals surface area contributed by atoms with Crippen LogP contribution in [-0.2, 0) is 20.7 Å². The van der Waals surface area contributed by atoms with Crippen LogP contribution in [-0.4, -0.2) is 26.3 Å². The SMILES string of the molecule is COC(=O)C1(CCc2ccccc2)CCCCOC1. The van der Waals surface area contributed by atoms with Gasteiger partial charge in [0.05, 0.1) is 19.1 Å². The molecule has 0 bridgehead atoms. The van der Waals surface area contributed by atoms with Gasteiger partial charge in [0, 0.05) is 6.61 Å². The van der Waals surface area contributed by atoms with E-state index in [4.69, 9.17) is 9.47 Å². The van der Waals surface area contributed by atoms with Crippen LogP contribution in [0.15, 0.2) is 30.3 Å². The fourth-order valence-corrected chi connectivity index (χ4v) is 2.71. The van der Waals surface area contributed by atoms with Crippen molar-refractivity contribution < 1.29 is 14.3 Å². The van der Waals surface area contributed by atoms with Crippen LogP contribution in [0.1, 0.15) is 31.2 Å². The molecule has 0 spiro atoms. The van der Waals surface area contributed by atoms with Crippen molar-refractivity contribution in [3.05, 3.63) is 35.9 Å². The molecule has 0 radical (unpaired) electrons. The number of methoxy groups -OCH3 is 1. The highest BCUT2D eigenvalue weighted by Crippen LogP contribution is 2.34. The number of ether oxygens (including phenoxy) is 2. The number of carbonyl (C=O) groups is 1. The molecule has 0 aromatic heterocycles. The third-order valence-electron chi connectivity index (χ3n) is 3.93. The quantitative estimate of drug-likeness (QED) is 0.783. The van der Waals surface area contributed by atoms with Crippen molar-refractivity contribution in [2.45, 2.75) is 32.1 Å². The van der Waals surface area contributed by atoms with Crippen LogP contribution in [0, 0.1) is 5.41 Å². The Labute approximate surface area is 114 Å². The van der Waals surface area contributed by atoms with E-state index in [2.05, 4.69) is 12.1 Å². The van der Waals surface area contributed by atoms with E-state index in [9.17, 15) is 4.79 Å². The lowest BCUT2D eigenvalue weighted by Gasteiger charge is -2.29. The molecule has 1 aliphatic rings. The van der Waals surface area contributed by atoms with Crippen molar-refractivity contribution in [2.75, 3.05) is 20.3 Å². The number of esters is 1. The molecule has 1 aliphatic heterocycles. The van der Waals surface area contributed by atoms with Gasteiger partial charge in [0.15, 0.2) is 0 Å². The molecule has 0 amide bonds. The first-order valence-electron chi connectivity index (χ1n) is 6.97. The maximum atomic E-state index is 12.2. The van der Waals surface area contributed by atoms with E-state index in [0.717, 1.165) is 38.7 Å². The first kappa shape index (κ1) is 14.1. The van der Waals surface area contributed by atoms with E-state index in [-0.39, 0.29) is 5.97 Å². The largest absolute Gasteiger partial charge is 0.469 e. The second kappa shape index (κ2) is 6.71. The standard InChI is InChI=1S/C16H22O3/c1-18-15(17)16(10-5-6-12-19-13-16)11-9-14-7-3-2-4-8-14/h2-4,7-8H,5-6,9-13H2,1H3. The summed E-state index contributed by atoms with van der Waals surface area (Å²) in [6, 6.07) is 10.3. The Hall–Kier alpha value is -1.35. The molecule has 1 saturated heterocycles. The van der Waals surface area contributed by atoms with Gasteiger partial charge in [0.2, 0.25) is 0 Å². The number of benzene rings is 1. The zero-order valence-electron chi connectivity index (χ0n) is 11.6. The van der Waals surface area contributed by atoms with Crippen LogP contribution in [0.5, 0.6) is 0 Å². The molecule has 1 aromatic rings. The highest BCUT2D eigenvalue weighted by atomic mass is 16.5.